The standard InChI is InChI=1S/C20H22N4O2S2/c1-12-10-15(13(2)24(12)14-8-9-14)17(25)11-27-20-23-22-19(28-20)21-16-6-4-5-7-18(16)26-3/h4-7,10,14H,8-9,11H2,1-3H3,(H,21,22). The summed E-state index contributed by atoms with van der Waals surface area (Å²) in [5.41, 5.74) is 3.92. The van der Waals surface area contributed by atoms with Crippen LogP contribution in [0.15, 0.2) is 34.7 Å². The predicted molar refractivity (Wildman–Crippen MR) is 113 cm³/mol. The fourth-order valence-electron chi connectivity index (χ4n) is 3.34. The molecular weight excluding hydrogens is 392 g/mol. The molecule has 0 saturated heterocycles. The molecule has 1 saturated carbocycles. The molecule has 1 aliphatic rings. The molecule has 0 atom stereocenters. The highest BCUT2D eigenvalue weighted by atomic mass is 32.2. The number of carbonyl (C=O) groups excluding carboxylic acids is 1. The first-order chi connectivity index (χ1) is 13.6. The van der Waals surface area contributed by atoms with Gasteiger partial charge in [0.05, 0.1) is 18.6 Å². The third-order valence-electron chi connectivity index (χ3n) is 4.78. The van der Waals surface area contributed by atoms with Crippen molar-refractivity contribution in [3.8, 4) is 5.75 Å². The Bertz CT molecular complexity index is 1010. The number of methoxy groups -OCH3 is 1. The maximum atomic E-state index is 12.7. The third-order valence-corrected chi connectivity index (χ3v) is 6.75. The van der Waals surface area contributed by atoms with Crippen molar-refractivity contribution >= 4 is 39.7 Å². The van der Waals surface area contributed by atoms with E-state index in [1.807, 2.05) is 37.3 Å². The van der Waals surface area contributed by atoms with Crippen molar-refractivity contribution < 1.29 is 9.53 Å². The van der Waals surface area contributed by atoms with Gasteiger partial charge in [-0.25, -0.2) is 0 Å². The van der Waals surface area contributed by atoms with Crippen LogP contribution >= 0.6 is 23.1 Å². The smallest absolute Gasteiger partial charge is 0.210 e. The maximum Gasteiger partial charge on any atom is 0.210 e. The number of aromatic nitrogens is 3. The number of rotatable bonds is 8. The van der Waals surface area contributed by atoms with Gasteiger partial charge in [-0.15, -0.1) is 10.2 Å². The molecule has 1 aliphatic carbocycles. The Balaban J connectivity index is 1.39. The summed E-state index contributed by atoms with van der Waals surface area (Å²) in [6, 6.07) is 10.3. The molecule has 8 heteroatoms. The van der Waals surface area contributed by atoms with Crippen LogP contribution in [0, 0.1) is 13.8 Å². The van der Waals surface area contributed by atoms with Crippen LogP contribution in [-0.4, -0.2) is 33.4 Å². The third kappa shape index (κ3) is 3.93. The Morgan fingerprint density at radius 1 is 1.32 bits per heavy atom. The fraction of sp³-hybridized carbons (Fsp3) is 0.350. The van der Waals surface area contributed by atoms with Crippen LogP contribution < -0.4 is 10.1 Å². The topological polar surface area (TPSA) is 69.0 Å². The van der Waals surface area contributed by atoms with Gasteiger partial charge in [-0.3, -0.25) is 4.79 Å². The van der Waals surface area contributed by atoms with Crippen LogP contribution in [0.3, 0.4) is 0 Å². The van der Waals surface area contributed by atoms with Crippen molar-refractivity contribution in [1.29, 1.82) is 0 Å². The number of nitrogens with one attached hydrogen (secondary N) is 1. The van der Waals surface area contributed by atoms with Crippen molar-refractivity contribution in [2.45, 2.75) is 37.1 Å². The van der Waals surface area contributed by atoms with Crippen molar-refractivity contribution in [3.05, 3.63) is 47.3 Å². The van der Waals surface area contributed by atoms with E-state index in [9.17, 15) is 4.79 Å². The molecule has 1 aromatic carbocycles. The molecule has 1 fully saturated rings. The molecule has 0 aliphatic heterocycles. The zero-order valence-corrected chi connectivity index (χ0v) is 17.7. The summed E-state index contributed by atoms with van der Waals surface area (Å²) < 4.78 is 8.41. The number of benzene rings is 1. The molecule has 0 bridgehead atoms. The van der Waals surface area contributed by atoms with Crippen molar-refractivity contribution in [2.24, 2.45) is 0 Å². The second kappa shape index (κ2) is 7.97. The molecule has 2 aromatic heterocycles. The van der Waals surface area contributed by atoms with Crippen LogP contribution in [0.25, 0.3) is 0 Å². The number of anilines is 2. The van der Waals surface area contributed by atoms with Crippen LogP contribution in [-0.2, 0) is 0 Å². The Labute approximate surface area is 172 Å². The van der Waals surface area contributed by atoms with Crippen LogP contribution in [0.4, 0.5) is 10.8 Å². The first kappa shape index (κ1) is 19.0. The second-order valence-corrected chi connectivity index (χ2v) is 9.00. The molecule has 0 amide bonds. The number of Topliss-reactive ketones (excluding diaryl/α,β-unsaturated/α-hetero) is 1. The Morgan fingerprint density at radius 2 is 2.11 bits per heavy atom. The Hall–Kier alpha value is -2.32. The van der Waals surface area contributed by atoms with Gasteiger partial charge < -0.3 is 14.6 Å². The largest absolute Gasteiger partial charge is 0.495 e. The van der Waals surface area contributed by atoms with E-state index in [-0.39, 0.29) is 5.78 Å². The summed E-state index contributed by atoms with van der Waals surface area (Å²) in [6.45, 7) is 4.12. The first-order valence-corrected chi connectivity index (χ1v) is 10.9. The first-order valence-electron chi connectivity index (χ1n) is 9.14. The number of carbonyl (C=O) groups is 1. The molecular formula is C20H22N4O2S2. The molecule has 146 valence electrons. The van der Waals surface area contributed by atoms with Gasteiger partial charge in [0, 0.05) is 23.0 Å². The minimum Gasteiger partial charge on any atom is -0.495 e. The van der Waals surface area contributed by atoms with E-state index >= 15 is 0 Å². The van der Waals surface area contributed by atoms with E-state index in [1.165, 1.54) is 41.6 Å². The summed E-state index contributed by atoms with van der Waals surface area (Å²) in [4.78, 5) is 12.7. The second-order valence-electron chi connectivity index (χ2n) is 6.80. The lowest BCUT2D eigenvalue weighted by atomic mass is 10.2. The maximum absolute atomic E-state index is 12.7. The summed E-state index contributed by atoms with van der Waals surface area (Å²) in [5, 5.41) is 12.3. The highest BCUT2D eigenvalue weighted by molar-refractivity contribution is 8.01. The number of ether oxygens (including phenoxy) is 1. The van der Waals surface area contributed by atoms with Gasteiger partial charge >= 0.3 is 0 Å². The molecule has 0 radical (unpaired) electrons. The number of aryl methyl sites for hydroxylation is 1. The molecule has 2 heterocycles. The normalized spacial score (nSPS) is 13.5. The SMILES string of the molecule is COc1ccccc1Nc1nnc(SCC(=O)c2cc(C)n(C3CC3)c2C)s1. The van der Waals surface area contributed by atoms with Crippen molar-refractivity contribution in [3.63, 3.8) is 0 Å². The molecule has 0 unspecified atom stereocenters. The molecule has 4 rings (SSSR count). The molecule has 1 N–H and O–H groups in total. The Kier molecular flexibility index (Phi) is 5.41. The van der Waals surface area contributed by atoms with Gasteiger partial charge in [-0.05, 0) is 44.9 Å². The average Bonchev–Trinajstić information content (AvgIpc) is 3.35. The van der Waals surface area contributed by atoms with Crippen LogP contribution in [0.2, 0.25) is 0 Å². The van der Waals surface area contributed by atoms with E-state index < -0.39 is 0 Å². The highest BCUT2D eigenvalue weighted by Crippen LogP contribution is 2.39. The number of nitrogens with zero attached hydrogens (tertiary/aromatic N) is 3. The van der Waals surface area contributed by atoms with Gasteiger partial charge in [0.2, 0.25) is 5.13 Å². The minimum absolute atomic E-state index is 0.138. The van der Waals surface area contributed by atoms with Gasteiger partial charge in [0.1, 0.15) is 5.75 Å². The van der Waals surface area contributed by atoms with Gasteiger partial charge in [-0.1, -0.05) is 35.2 Å². The number of hydrogen-bond donors (Lipinski definition) is 1. The summed E-state index contributed by atoms with van der Waals surface area (Å²) in [5.74, 6) is 1.24. The number of thioether (sulfide) groups is 1. The van der Waals surface area contributed by atoms with E-state index in [2.05, 4.69) is 27.0 Å². The lowest BCUT2D eigenvalue weighted by Crippen LogP contribution is -2.05. The van der Waals surface area contributed by atoms with E-state index in [4.69, 9.17) is 4.74 Å². The molecule has 3 aromatic rings. The number of ketones is 1. The average molecular weight is 415 g/mol. The Morgan fingerprint density at radius 3 is 2.86 bits per heavy atom. The van der Waals surface area contributed by atoms with E-state index in [0.29, 0.717) is 16.9 Å². The lowest BCUT2D eigenvalue weighted by molar-refractivity contribution is 0.102. The van der Waals surface area contributed by atoms with Crippen molar-refractivity contribution in [1.82, 2.24) is 14.8 Å². The van der Waals surface area contributed by atoms with Gasteiger partial charge in [-0.2, -0.15) is 0 Å². The predicted octanol–water partition coefficient (Wildman–Crippen LogP) is 5.02. The molecule has 28 heavy (non-hydrogen) atoms. The quantitative estimate of drug-likeness (QED) is 0.412. The summed E-state index contributed by atoms with van der Waals surface area (Å²) in [6.07, 6.45) is 2.43. The highest BCUT2D eigenvalue weighted by Gasteiger charge is 2.28. The summed E-state index contributed by atoms with van der Waals surface area (Å²) >= 11 is 2.86. The van der Waals surface area contributed by atoms with Gasteiger partial charge in [0.15, 0.2) is 10.1 Å². The van der Waals surface area contributed by atoms with Gasteiger partial charge in [0.25, 0.3) is 0 Å². The fourth-order valence-corrected chi connectivity index (χ4v) is 4.99. The van der Waals surface area contributed by atoms with Crippen LogP contribution in [0.1, 0.15) is 40.6 Å². The molecule has 0 spiro atoms. The van der Waals surface area contributed by atoms with Crippen LogP contribution in [0.5, 0.6) is 5.75 Å². The minimum atomic E-state index is 0.138. The summed E-state index contributed by atoms with van der Waals surface area (Å²) in [7, 11) is 1.63. The zero-order chi connectivity index (χ0) is 19.7. The zero-order valence-electron chi connectivity index (χ0n) is 16.1. The van der Waals surface area contributed by atoms with E-state index in [0.717, 1.165) is 27.0 Å². The monoisotopic (exact) mass is 414 g/mol. The number of para-hydroxylation sites is 2. The number of hydrogen-bond acceptors (Lipinski definition) is 7. The molecule has 6 nitrogen and oxygen atoms in total. The lowest BCUT2D eigenvalue weighted by Gasteiger charge is -2.07. The van der Waals surface area contributed by atoms with E-state index in [1.54, 1.807) is 7.11 Å². The van der Waals surface area contributed by atoms with Crippen molar-refractivity contribution in [2.75, 3.05) is 18.2 Å².